The fraction of sp³-hybridized carbons (Fsp3) is 0.474. The summed E-state index contributed by atoms with van der Waals surface area (Å²) in [6.07, 6.45) is 2.22. The summed E-state index contributed by atoms with van der Waals surface area (Å²) >= 11 is 1.46. The van der Waals surface area contributed by atoms with E-state index in [2.05, 4.69) is 15.3 Å². The van der Waals surface area contributed by atoms with E-state index in [1.54, 1.807) is 16.5 Å². The van der Waals surface area contributed by atoms with Crippen molar-refractivity contribution in [3.63, 3.8) is 0 Å². The van der Waals surface area contributed by atoms with Gasteiger partial charge in [0.1, 0.15) is 11.3 Å². The Bertz CT molecular complexity index is 801. The Hall–Kier alpha value is -2.48. The number of nitrogens with one attached hydrogen (secondary N) is 1. The van der Waals surface area contributed by atoms with Gasteiger partial charge in [-0.3, -0.25) is 9.78 Å². The third-order valence-electron chi connectivity index (χ3n) is 4.10. The van der Waals surface area contributed by atoms with Crippen LogP contribution >= 0.6 is 11.3 Å². The first kappa shape index (κ1) is 19.3. The molecular formula is C19H24N4O3S. The van der Waals surface area contributed by atoms with Gasteiger partial charge >= 0.3 is 6.09 Å². The van der Waals surface area contributed by atoms with Crippen LogP contribution in [-0.2, 0) is 11.3 Å². The van der Waals surface area contributed by atoms with Crippen LogP contribution in [0.5, 0.6) is 0 Å². The van der Waals surface area contributed by atoms with Crippen molar-refractivity contribution in [2.75, 3.05) is 13.1 Å². The lowest BCUT2D eigenvalue weighted by molar-refractivity contribution is 0.0292. The quantitative estimate of drug-likeness (QED) is 0.869. The largest absolute Gasteiger partial charge is 0.444 e. The number of nitrogens with zero attached hydrogens (tertiary/aromatic N) is 3. The molecule has 27 heavy (non-hydrogen) atoms. The van der Waals surface area contributed by atoms with Gasteiger partial charge in [-0.05, 0) is 39.3 Å². The van der Waals surface area contributed by atoms with Crippen LogP contribution in [0.1, 0.15) is 54.3 Å². The summed E-state index contributed by atoms with van der Waals surface area (Å²) in [5.41, 5.74) is 0.696. The number of pyridine rings is 1. The predicted molar refractivity (Wildman–Crippen MR) is 103 cm³/mol. The van der Waals surface area contributed by atoms with E-state index >= 15 is 0 Å². The summed E-state index contributed by atoms with van der Waals surface area (Å²) in [5.74, 6) is -0.0787. The van der Waals surface area contributed by atoms with Crippen LogP contribution in [0.25, 0.3) is 0 Å². The third-order valence-corrected chi connectivity index (χ3v) is 5.11. The molecule has 2 aromatic rings. The normalized spacial score (nSPS) is 17.0. The molecule has 3 rings (SSSR count). The number of hydrogen-bond donors (Lipinski definition) is 1. The Labute approximate surface area is 162 Å². The van der Waals surface area contributed by atoms with Gasteiger partial charge in [0.05, 0.1) is 17.2 Å². The van der Waals surface area contributed by atoms with Crippen molar-refractivity contribution in [1.82, 2.24) is 20.2 Å². The molecule has 1 N–H and O–H groups in total. The van der Waals surface area contributed by atoms with E-state index in [-0.39, 0.29) is 17.9 Å². The van der Waals surface area contributed by atoms with Crippen LogP contribution in [0.15, 0.2) is 29.8 Å². The maximum absolute atomic E-state index is 12.3. The standard InChI is InChI=1S/C19H24N4O3S/c1-19(2,3)26-18(25)23-9-7-13(11-23)17-22-15(12-27-17)16(24)21-10-14-6-4-5-8-20-14/h4-6,8,12-13H,7,9-11H2,1-3H3,(H,21,24). The second kappa shape index (κ2) is 8.04. The molecule has 7 nitrogen and oxygen atoms in total. The lowest BCUT2D eigenvalue weighted by atomic mass is 10.1. The van der Waals surface area contributed by atoms with Crippen molar-refractivity contribution >= 4 is 23.3 Å². The van der Waals surface area contributed by atoms with Crippen molar-refractivity contribution in [1.29, 1.82) is 0 Å². The maximum atomic E-state index is 12.3. The summed E-state index contributed by atoms with van der Waals surface area (Å²) < 4.78 is 5.42. The molecule has 1 fully saturated rings. The van der Waals surface area contributed by atoms with E-state index in [4.69, 9.17) is 4.74 Å². The lowest BCUT2D eigenvalue weighted by Crippen LogP contribution is -2.35. The molecule has 8 heteroatoms. The summed E-state index contributed by atoms with van der Waals surface area (Å²) in [6, 6.07) is 5.57. The SMILES string of the molecule is CC(C)(C)OC(=O)N1CCC(c2nc(C(=O)NCc3ccccn3)cs2)C1. The van der Waals surface area contributed by atoms with E-state index in [0.717, 1.165) is 17.1 Å². The zero-order valence-electron chi connectivity index (χ0n) is 15.8. The minimum atomic E-state index is -0.505. The van der Waals surface area contributed by atoms with Crippen LogP contribution < -0.4 is 5.32 Å². The number of carbonyl (C=O) groups is 2. The molecule has 0 bridgehead atoms. The second-order valence-corrected chi connectivity index (χ2v) is 8.38. The summed E-state index contributed by atoms with van der Waals surface area (Å²) in [7, 11) is 0. The highest BCUT2D eigenvalue weighted by atomic mass is 32.1. The molecule has 3 heterocycles. The van der Waals surface area contributed by atoms with Gasteiger partial charge in [0.2, 0.25) is 0 Å². The van der Waals surface area contributed by atoms with Crippen LogP contribution in [-0.4, -0.2) is 45.6 Å². The van der Waals surface area contributed by atoms with Gasteiger partial charge < -0.3 is 15.0 Å². The zero-order valence-corrected chi connectivity index (χ0v) is 16.6. The van der Waals surface area contributed by atoms with E-state index in [0.29, 0.717) is 25.3 Å². The monoisotopic (exact) mass is 388 g/mol. The van der Waals surface area contributed by atoms with Crippen molar-refractivity contribution < 1.29 is 14.3 Å². The van der Waals surface area contributed by atoms with Gasteiger partial charge in [-0.15, -0.1) is 11.3 Å². The number of rotatable bonds is 4. The fourth-order valence-corrected chi connectivity index (χ4v) is 3.73. The van der Waals surface area contributed by atoms with E-state index in [1.165, 1.54) is 11.3 Å². The van der Waals surface area contributed by atoms with Crippen molar-refractivity contribution in [3.05, 3.63) is 46.2 Å². The van der Waals surface area contributed by atoms with Crippen LogP contribution in [0.4, 0.5) is 4.79 Å². The van der Waals surface area contributed by atoms with Crippen LogP contribution in [0, 0.1) is 0 Å². The molecule has 1 saturated heterocycles. The Morgan fingerprint density at radius 2 is 2.19 bits per heavy atom. The number of carbonyl (C=O) groups excluding carboxylic acids is 2. The van der Waals surface area contributed by atoms with Gasteiger partial charge in [-0.25, -0.2) is 9.78 Å². The molecule has 0 radical (unpaired) electrons. The molecule has 0 aliphatic carbocycles. The van der Waals surface area contributed by atoms with Crippen molar-refractivity contribution in [2.45, 2.75) is 45.3 Å². The number of amides is 2. The van der Waals surface area contributed by atoms with E-state index in [1.807, 2.05) is 39.0 Å². The molecular weight excluding hydrogens is 364 g/mol. The average molecular weight is 388 g/mol. The minimum absolute atomic E-state index is 0.139. The molecule has 0 saturated carbocycles. The molecule has 1 aliphatic heterocycles. The molecule has 1 atom stereocenters. The fourth-order valence-electron chi connectivity index (χ4n) is 2.80. The van der Waals surface area contributed by atoms with Gasteiger partial charge in [-0.1, -0.05) is 6.07 Å². The number of aromatic nitrogens is 2. The molecule has 0 aromatic carbocycles. The van der Waals surface area contributed by atoms with Crippen molar-refractivity contribution in [3.8, 4) is 0 Å². The summed E-state index contributed by atoms with van der Waals surface area (Å²) in [6.45, 7) is 7.14. The van der Waals surface area contributed by atoms with Gasteiger partial charge in [-0.2, -0.15) is 0 Å². The molecule has 1 aliphatic rings. The molecule has 144 valence electrons. The Morgan fingerprint density at radius 3 is 2.89 bits per heavy atom. The first-order valence-electron chi connectivity index (χ1n) is 8.93. The zero-order chi connectivity index (χ0) is 19.4. The molecule has 0 spiro atoms. The number of hydrogen-bond acceptors (Lipinski definition) is 6. The Kier molecular flexibility index (Phi) is 5.74. The Morgan fingerprint density at radius 1 is 1.37 bits per heavy atom. The van der Waals surface area contributed by atoms with Crippen LogP contribution in [0.2, 0.25) is 0 Å². The first-order chi connectivity index (χ1) is 12.8. The van der Waals surface area contributed by atoms with Crippen LogP contribution in [0.3, 0.4) is 0 Å². The summed E-state index contributed by atoms with van der Waals surface area (Å²) in [5, 5.41) is 5.47. The predicted octanol–water partition coefficient (Wildman–Crippen LogP) is 3.19. The van der Waals surface area contributed by atoms with Crippen molar-refractivity contribution in [2.24, 2.45) is 0 Å². The molecule has 1 unspecified atom stereocenters. The topological polar surface area (TPSA) is 84.4 Å². The minimum Gasteiger partial charge on any atom is -0.444 e. The first-order valence-corrected chi connectivity index (χ1v) is 9.81. The van der Waals surface area contributed by atoms with Gasteiger partial charge in [0.15, 0.2) is 0 Å². The van der Waals surface area contributed by atoms with E-state index in [9.17, 15) is 9.59 Å². The molecule has 2 aromatic heterocycles. The summed E-state index contributed by atoms with van der Waals surface area (Å²) in [4.78, 5) is 34.9. The Balaban J connectivity index is 1.55. The smallest absolute Gasteiger partial charge is 0.410 e. The highest BCUT2D eigenvalue weighted by Gasteiger charge is 2.32. The number of thiazole rings is 1. The van der Waals surface area contributed by atoms with E-state index < -0.39 is 5.60 Å². The number of likely N-dealkylation sites (tertiary alicyclic amines) is 1. The third kappa shape index (κ3) is 5.26. The maximum Gasteiger partial charge on any atom is 0.410 e. The van der Waals surface area contributed by atoms with Gasteiger partial charge in [0.25, 0.3) is 5.91 Å². The lowest BCUT2D eigenvalue weighted by Gasteiger charge is -2.24. The second-order valence-electron chi connectivity index (χ2n) is 7.49. The highest BCUT2D eigenvalue weighted by Crippen LogP contribution is 2.30. The molecule has 2 amide bonds. The number of ether oxygens (including phenoxy) is 1. The van der Waals surface area contributed by atoms with Gasteiger partial charge in [0, 0.05) is 30.6 Å². The average Bonchev–Trinajstić information content (AvgIpc) is 3.28. The highest BCUT2D eigenvalue weighted by molar-refractivity contribution is 7.09.